The quantitative estimate of drug-likeness (QED) is 0.842. The molecule has 0 unspecified atom stereocenters. The van der Waals surface area contributed by atoms with Crippen LogP contribution < -0.4 is 15.2 Å². The van der Waals surface area contributed by atoms with Crippen LogP contribution >= 0.6 is 0 Å². The van der Waals surface area contributed by atoms with Crippen LogP contribution in [-0.4, -0.2) is 26.8 Å². The highest BCUT2D eigenvalue weighted by molar-refractivity contribution is 7.93. The summed E-state index contributed by atoms with van der Waals surface area (Å²) in [6.45, 7) is 0.756. The van der Waals surface area contributed by atoms with Crippen molar-refractivity contribution in [3.05, 3.63) is 24.3 Å². The van der Waals surface area contributed by atoms with E-state index >= 15 is 0 Å². The molecule has 0 bridgehead atoms. The summed E-state index contributed by atoms with van der Waals surface area (Å²) in [6.07, 6.45) is 4.57. The van der Waals surface area contributed by atoms with E-state index in [2.05, 4.69) is 4.72 Å². The van der Waals surface area contributed by atoms with E-state index in [1.165, 1.54) is 0 Å². The van der Waals surface area contributed by atoms with Crippen molar-refractivity contribution in [2.45, 2.75) is 37.4 Å². The highest BCUT2D eigenvalue weighted by Gasteiger charge is 2.27. The Morgan fingerprint density at radius 1 is 1.20 bits per heavy atom. The molecule has 1 aromatic rings. The van der Waals surface area contributed by atoms with E-state index in [1.54, 1.807) is 18.2 Å². The number of hydrogen-bond donors (Lipinski definition) is 2. The van der Waals surface area contributed by atoms with Gasteiger partial charge in [0.05, 0.1) is 10.9 Å². The van der Waals surface area contributed by atoms with Crippen molar-refractivity contribution in [3.63, 3.8) is 0 Å². The first-order valence-electron chi connectivity index (χ1n) is 7.07. The summed E-state index contributed by atoms with van der Waals surface area (Å²) >= 11 is 0. The van der Waals surface area contributed by atoms with Gasteiger partial charge in [0, 0.05) is 6.54 Å². The fraction of sp³-hybridized carbons (Fsp3) is 0.571. The maximum absolute atomic E-state index is 12.4. The van der Waals surface area contributed by atoms with Gasteiger partial charge < -0.3 is 10.5 Å². The van der Waals surface area contributed by atoms with E-state index in [-0.39, 0.29) is 5.25 Å². The largest absolute Gasteiger partial charge is 0.490 e. The normalized spacial score (nSPS) is 16.9. The number of para-hydroxylation sites is 2. The van der Waals surface area contributed by atoms with Crippen LogP contribution in [0.25, 0.3) is 0 Å². The number of nitrogens with two attached hydrogens (primary N) is 1. The third-order valence-corrected chi connectivity index (χ3v) is 5.36. The summed E-state index contributed by atoms with van der Waals surface area (Å²) in [5.74, 6) is 0.525. The predicted octanol–water partition coefficient (Wildman–Crippen LogP) is 2.10. The highest BCUT2D eigenvalue weighted by atomic mass is 32.2. The van der Waals surface area contributed by atoms with E-state index in [0.29, 0.717) is 24.6 Å². The van der Waals surface area contributed by atoms with Gasteiger partial charge >= 0.3 is 0 Å². The molecule has 1 aliphatic rings. The van der Waals surface area contributed by atoms with E-state index in [1.807, 2.05) is 6.07 Å². The minimum Gasteiger partial charge on any atom is -0.490 e. The minimum absolute atomic E-state index is 0.293. The van der Waals surface area contributed by atoms with Crippen molar-refractivity contribution in [3.8, 4) is 5.75 Å². The Labute approximate surface area is 120 Å². The molecule has 0 aromatic heterocycles. The summed E-state index contributed by atoms with van der Waals surface area (Å²) in [7, 11) is -3.35. The molecule has 0 heterocycles. The Kier molecular flexibility index (Phi) is 5.25. The van der Waals surface area contributed by atoms with Crippen LogP contribution in [0.5, 0.6) is 5.75 Å². The second-order valence-corrected chi connectivity index (χ2v) is 7.00. The number of benzene rings is 1. The number of anilines is 1. The Morgan fingerprint density at radius 2 is 1.90 bits per heavy atom. The number of sulfonamides is 1. The van der Waals surface area contributed by atoms with Crippen LogP contribution in [0.2, 0.25) is 0 Å². The maximum Gasteiger partial charge on any atom is 0.235 e. The lowest BCUT2D eigenvalue weighted by Crippen LogP contribution is -2.29. The molecule has 1 saturated carbocycles. The third kappa shape index (κ3) is 3.86. The zero-order chi connectivity index (χ0) is 14.4. The van der Waals surface area contributed by atoms with Gasteiger partial charge in [-0.2, -0.15) is 0 Å². The van der Waals surface area contributed by atoms with Gasteiger partial charge in [0.1, 0.15) is 12.4 Å². The Balaban J connectivity index is 2.11. The molecule has 20 heavy (non-hydrogen) atoms. The van der Waals surface area contributed by atoms with Crippen molar-refractivity contribution in [2.75, 3.05) is 17.9 Å². The van der Waals surface area contributed by atoms with Gasteiger partial charge in [-0.1, -0.05) is 31.4 Å². The zero-order valence-corrected chi connectivity index (χ0v) is 12.4. The Morgan fingerprint density at radius 3 is 2.60 bits per heavy atom. The minimum atomic E-state index is -3.35. The molecule has 0 aliphatic heterocycles. The molecule has 5 nitrogen and oxygen atoms in total. The molecule has 3 N–H and O–H groups in total. The van der Waals surface area contributed by atoms with Gasteiger partial charge in [0.2, 0.25) is 10.0 Å². The molecule has 0 radical (unpaired) electrons. The van der Waals surface area contributed by atoms with Crippen LogP contribution in [0.4, 0.5) is 5.69 Å². The van der Waals surface area contributed by atoms with Crippen molar-refractivity contribution >= 4 is 15.7 Å². The predicted molar refractivity (Wildman–Crippen MR) is 80.4 cm³/mol. The van der Waals surface area contributed by atoms with Gasteiger partial charge in [-0.15, -0.1) is 0 Å². The molecule has 1 fully saturated rings. The first kappa shape index (κ1) is 15.1. The number of rotatable bonds is 6. The van der Waals surface area contributed by atoms with Crippen molar-refractivity contribution in [2.24, 2.45) is 5.73 Å². The standard InChI is InChI=1S/C14H22N2O3S/c15-10-11-19-14-9-5-4-8-13(14)16-20(17,18)12-6-2-1-3-7-12/h4-5,8-9,12,16H,1-3,6-7,10-11,15H2. The fourth-order valence-electron chi connectivity index (χ4n) is 2.46. The lowest BCUT2D eigenvalue weighted by molar-refractivity contribution is 0.330. The number of nitrogens with one attached hydrogen (secondary N) is 1. The smallest absolute Gasteiger partial charge is 0.235 e. The summed E-state index contributed by atoms with van der Waals surface area (Å²) in [5.41, 5.74) is 5.90. The van der Waals surface area contributed by atoms with Crippen LogP contribution in [-0.2, 0) is 10.0 Å². The summed E-state index contributed by atoms with van der Waals surface area (Å²) in [4.78, 5) is 0. The second-order valence-electron chi connectivity index (χ2n) is 5.04. The number of ether oxygens (including phenoxy) is 1. The van der Waals surface area contributed by atoms with E-state index in [9.17, 15) is 8.42 Å². The molecule has 0 saturated heterocycles. The van der Waals surface area contributed by atoms with E-state index in [4.69, 9.17) is 10.5 Å². The van der Waals surface area contributed by atoms with Gasteiger partial charge in [0.15, 0.2) is 0 Å². The molecule has 112 valence electrons. The molecule has 0 spiro atoms. The molecule has 0 amide bonds. The lowest BCUT2D eigenvalue weighted by Gasteiger charge is -2.23. The molecule has 1 aliphatic carbocycles. The Hall–Kier alpha value is -1.27. The zero-order valence-electron chi connectivity index (χ0n) is 11.5. The van der Waals surface area contributed by atoms with E-state index in [0.717, 1.165) is 32.1 Å². The average Bonchev–Trinajstić information content (AvgIpc) is 2.47. The van der Waals surface area contributed by atoms with Crippen LogP contribution in [0, 0.1) is 0 Å². The van der Waals surface area contributed by atoms with Crippen LogP contribution in [0.3, 0.4) is 0 Å². The monoisotopic (exact) mass is 298 g/mol. The summed E-state index contributed by atoms with van der Waals surface area (Å²) in [6, 6.07) is 7.05. The highest BCUT2D eigenvalue weighted by Crippen LogP contribution is 2.29. The Bertz CT molecular complexity index is 525. The molecule has 6 heteroatoms. The molecular weight excluding hydrogens is 276 g/mol. The van der Waals surface area contributed by atoms with Gasteiger partial charge in [-0.3, -0.25) is 4.72 Å². The van der Waals surface area contributed by atoms with Crippen LogP contribution in [0.15, 0.2) is 24.3 Å². The fourth-order valence-corrected chi connectivity index (χ4v) is 4.05. The molecule has 2 rings (SSSR count). The molecular formula is C14H22N2O3S. The summed E-state index contributed by atoms with van der Waals surface area (Å²) < 4.78 is 32.9. The first-order chi connectivity index (χ1) is 9.63. The average molecular weight is 298 g/mol. The number of hydrogen-bond acceptors (Lipinski definition) is 4. The first-order valence-corrected chi connectivity index (χ1v) is 8.61. The molecule has 1 aromatic carbocycles. The molecule has 0 atom stereocenters. The van der Waals surface area contributed by atoms with Crippen molar-refractivity contribution < 1.29 is 13.2 Å². The summed E-state index contributed by atoms with van der Waals surface area (Å²) in [5, 5.41) is -0.293. The van der Waals surface area contributed by atoms with Gasteiger partial charge in [-0.25, -0.2) is 8.42 Å². The van der Waals surface area contributed by atoms with Crippen molar-refractivity contribution in [1.29, 1.82) is 0 Å². The van der Waals surface area contributed by atoms with Gasteiger partial charge in [0.25, 0.3) is 0 Å². The second kappa shape index (κ2) is 6.95. The van der Waals surface area contributed by atoms with Gasteiger partial charge in [-0.05, 0) is 25.0 Å². The van der Waals surface area contributed by atoms with Crippen molar-refractivity contribution in [1.82, 2.24) is 0 Å². The third-order valence-electron chi connectivity index (χ3n) is 3.51. The topological polar surface area (TPSA) is 81.4 Å². The maximum atomic E-state index is 12.4. The lowest BCUT2D eigenvalue weighted by atomic mass is 10.0. The van der Waals surface area contributed by atoms with Crippen LogP contribution in [0.1, 0.15) is 32.1 Å². The van der Waals surface area contributed by atoms with E-state index < -0.39 is 10.0 Å². The SMILES string of the molecule is NCCOc1ccccc1NS(=O)(=O)C1CCCCC1.